The van der Waals surface area contributed by atoms with Crippen molar-refractivity contribution < 1.29 is 19.4 Å². The molecule has 0 spiro atoms. The van der Waals surface area contributed by atoms with Gasteiger partial charge in [-0.2, -0.15) is 0 Å². The third-order valence-electron chi connectivity index (χ3n) is 4.05. The highest BCUT2D eigenvalue weighted by Crippen LogP contribution is 2.25. The molecule has 0 saturated carbocycles. The monoisotopic (exact) mass is 290 g/mol. The van der Waals surface area contributed by atoms with Crippen molar-refractivity contribution in [3.05, 3.63) is 29.3 Å². The van der Waals surface area contributed by atoms with Crippen LogP contribution >= 0.6 is 0 Å². The molecule has 0 radical (unpaired) electrons. The van der Waals surface area contributed by atoms with Gasteiger partial charge in [-0.15, -0.1) is 0 Å². The first kappa shape index (κ1) is 13.9. The minimum atomic E-state index is -0.936. The summed E-state index contributed by atoms with van der Waals surface area (Å²) in [5.74, 6) is -1.83. The second-order valence-electron chi connectivity index (χ2n) is 5.42. The van der Waals surface area contributed by atoms with Gasteiger partial charge < -0.3 is 20.5 Å². The Morgan fingerprint density at radius 1 is 1.33 bits per heavy atom. The number of nitrogens with one attached hydrogen (secondary N) is 2. The molecule has 0 bridgehead atoms. The van der Waals surface area contributed by atoms with Crippen molar-refractivity contribution in [2.75, 3.05) is 25.1 Å². The predicted molar refractivity (Wildman–Crippen MR) is 76.5 cm³/mol. The molecule has 1 fully saturated rings. The lowest BCUT2D eigenvalue weighted by Gasteiger charge is -2.22. The number of benzene rings is 1. The first-order valence-electron chi connectivity index (χ1n) is 7.14. The van der Waals surface area contributed by atoms with Gasteiger partial charge in [-0.25, -0.2) is 0 Å². The topological polar surface area (TPSA) is 87.7 Å². The quantitative estimate of drug-likeness (QED) is 0.769. The Hall–Kier alpha value is -2.08. The molecule has 112 valence electrons. The maximum atomic E-state index is 12.5. The van der Waals surface area contributed by atoms with Crippen LogP contribution in [0.2, 0.25) is 0 Å². The minimum absolute atomic E-state index is 0.148. The van der Waals surface area contributed by atoms with Crippen LogP contribution in [0, 0.1) is 5.92 Å². The van der Waals surface area contributed by atoms with Gasteiger partial charge in [-0.3, -0.25) is 9.59 Å². The van der Waals surface area contributed by atoms with E-state index in [4.69, 9.17) is 9.84 Å². The molecule has 1 amide bonds. The Morgan fingerprint density at radius 3 is 3.00 bits per heavy atom. The molecule has 2 unspecified atom stereocenters. The second kappa shape index (κ2) is 5.73. The highest BCUT2D eigenvalue weighted by molar-refractivity contribution is 5.97. The van der Waals surface area contributed by atoms with Crippen LogP contribution < -0.4 is 10.6 Å². The number of carboxylic acid groups (broad SMARTS) is 1. The van der Waals surface area contributed by atoms with E-state index in [9.17, 15) is 9.59 Å². The zero-order valence-electron chi connectivity index (χ0n) is 11.6. The Labute approximate surface area is 122 Å². The average Bonchev–Trinajstić information content (AvgIpc) is 2.95. The second-order valence-corrected chi connectivity index (χ2v) is 5.42. The van der Waals surface area contributed by atoms with Crippen LogP contribution in [0.1, 0.15) is 22.3 Å². The van der Waals surface area contributed by atoms with Crippen LogP contribution in [-0.4, -0.2) is 42.8 Å². The van der Waals surface area contributed by atoms with E-state index in [2.05, 4.69) is 10.6 Å². The van der Waals surface area contributed by atoms with Crippen LogP contribution in [0.3, 0.4) is 0 Å². The van der Waals surface area contributed by atoms with Crippen LogP contribution in [0.25, 0.3) is 0 Å². The number of ether oxygens (including phenoxy) is 1. The average molecular weight is 290 g/mol. The van der Waals surface area contributed by atoms with Gasteiger partial charge in [-0.05, 0) is 30.5 Å². The zero-order chi connectivity index (χ0) is 14.8. The van der Waals surface area contributed by atoms with Crippen molar-refractivity contribution >= 4 is 17.6 Å². The van der Waals surface area contributed by atoms with Crippen molar-refractivity contribution in [1.82, 2.24) is 5.32 Å². The molecule has 21 heavy (non-hydrogen) atoms. The van der Waals surface area contributed by atoms with Crippen molar-refractivity contribution in [1.29, 1.82) is 0 Å². The van der Waals surface area contributed by atoms with E-state index in [-0.39, 0.29) is 19.1 Å². The standard InChI is InChI=1S/C15H18N2O4/c18-14(17-13-8-21-7-11(13)15(19)20)10-3-1-5-12-9(10)4-2-6-16-12/h1,3,5,11,13,16H,2,4,6-8H2,(H,17,18)(H,19,20). The number of fused-ring (bicyclic) bond motifs is 1. The van der Waals surface area contributed by atoms with Crippen molar-refractivity contribution in [3.63, 3.8) is 0 Å². The summed E-state index contributed by atoms with van der Waals surface area (Å²) in [6.07, 6.45) is 1.84. The predicted octanol–water partition coefficient (Wildman–Crippen LogP) is 0.874. The zero-order valence-corrected chi connectivity index (χ0v) is 11.6. The molecule has 2 atom stereocenters. The van der Waals surface area contributed by atoms with Gasteiger partial charge in [0.1, 0.15) is 5.92 Å². The van der Waals surface area contributed by atoms with Crippen LogP contribution in [0.15, 0.2) is 18.2 Å². The van der Waals surface area contributed by atoms with Crippen LogP contribution in [-0.2, 0) is 16.0 Å². The van der Waals surface area contributed by atoms with Crippen molar-refractivity contribution in [2.24, 2.45) is 5.92 Å². The third-order valence-corrected chi connectivity index (χ3v) is 4.05. The molecule has 3 N–H and O–H groups in total. The van der Waals surface area contributed by atoms with Crippen molar-refractivity contribution in [3.8, 4) is 0 Å². The molecular formula is C15H18N2O4. The Balaban J connectivity index is 1.78. The summed E-state index contributed by atoms with van der Waals surface area (Å²) in [5, 5.41) is 15.2. The van der Waals surface area contributed by atoms with Gasteiger partial charge in [0.15, 0.2) is 0 Å². The Morgan fingerprint density at radius 2 is 2.19 bits per heavy atom. The van der Waals surface area contributed by atoms with Gasteiger partial charge in [0, 0.05) is 17.8 Å². The van der Waals surface area contributed by atoms with Crippen molar-refractivity contribution in [2.45, 2.75) is 18.9 Å². The molecule has 2 aliphatic heterocycles. The molecule has 0 aromatic heterocycles. The summed E-state index contributed by atoms with van der Waals surface area (Å²) < 4.78 is 5.17. The summed E-state index contributed by atoms with van der Waals surface area (Å²) >= 11 is 0. The van der Waals surface area contributed by atoms with E-state index in [1.807, 2.05) is 12.1 Å². The number of aliphatic carboxylic acids is 1. The molecular weight excluding hydrogens is 272 g/mol. The molecule has 1 aromatic rings. The number of hydrogen-bond acceptors (Lipinski definition) is 4. The maximum Gasteiger partial charge on any atom is 0.311 e. The van der Waals surface area contributed by atoms with E-state index in [0.717, 1.165) is 30.6 Å². The minimum Gasteiger partial charge on any atom is -0.481 e. The number of rotatable bonds is 3. The maximum absolute atomic E-state index is 12.5. The fourth-order valence-corrected chi connectivity index (χ4v) is 2.91. The normalized spacial score (nSPS) is 24.0. The SMILES string of the molecule is O=C(NC1COCC1C(=O)O)c1cccc2c1CCCN2. The molecule has 1 saturated heterocycles. The first-order valence-corrected chi connectivity index (χ1v) is 7.14. The third kappa shape index (κ3) is 2.71. The van der Waals surface area contributed by atoms with E-state index in [1.165, 1.54) is 0 Å². The van der Waals surface area contributed by atoms with E-state index >= 15 is 0 Å². The molecule has 6 heteroatoms. The smallest absolute Gasteiger partial charge is 0.311 e. The molecule has 6 nitrogen and oxygen atoms in total. The first-order chi connectivity index (χ1) is 10.2. The number of carbonyl (C=O) groups excluding carboxylic acids is 1. The van der Waals surface area contributed by atoms with Gasteiger partial charge in [0.05, 0.1) is 19.3 Å². The lowest BCUT2D eigenvalue weighted by molar-refractivity contribution is -0.142. The van der Waals surface area contributed by atoms with E-state index in [1.54, 1.807) is 6.07 Å². The molecule has 3 rings (SSSR count). The molecule has 0 aliphatic carbocycles. The highest BCUT2D eigenvalue weighted by Gasteiger charge is 2.35. The van der Waals surface area contributed by atoms with Gasteiger partial charge in [0.25, 0.3) is 5.91 Å². The molecule has 2 aliphatic rings. The summed E-state index contributed by atoms with van der Waals surface area (Å²) in [7, 11) is 0. The largest absolute Gasteiger partial charge is 0.481 e. The summed E-state index contributed by atoms with van der Waals surface area (Å²) in [4.78, 5) is 23.6. The lowest BCUT2D eigenvalue weighted by Crippen LogP contribution is -2.43. The fraction of sp³-hybridized carbons (Fsp3) is 0.467. The van der Waals surface area contributed by atoms with Gasteiger partial charge in [-0.1, -0.05) is 6.07 Å². The van der Waals surface area contributed by atoms with Crippen LogP contribution in [0.4, 0.5) is 5.69 Å². The number of amides is 1. The lowest BCUT2D eigenvalue weighted by atomic mass is 9.96. The fourth-order valence-electron chi connectivity index (χ4n) is 2.91. The van der Waals surface area contributed by atoms with Gasteiger partial charge >= 0.3 is 5.97 Å². The van der Waals surface area contributed by atoms with Gasteiger partial charge in [0.2, 0.25) is 0 Å². The summed E-state index contributed by atoms with van der Waals surface area (Å²) in [5.41, 5.74) is 2.62. The molecule has 1 aromatic carbocycles. The number of carbonyl (C=O) groups is 2. The number of hydrogen-bond donors (Lipinski definition) is 3. The van der Waals surface area contributed by atoms with Crippen LogP contribution in [0.5, 0.6) is 0 Å². The summed E-state index contributed by atoms with van der Waals surface area (Å²) in [6.45, 7) is 1.31. The Bertz CT molecular complexity index is 573. The Kier molecular flexibility index (Phi) is 3.79. The number of carboxylic acids is 1. The summed E-state index contributed by atoms with van der Waals surface area (Å²) in [6, 6.07) is 5.12. The van der Waals surface area contributed by atoms with E-state index < -0.39 is 17.9 Å². The van der Waals surface area contributed by atoms with E-state index in [0.29, 0.717) is 5.56 Å². The highest BCUT2D eigenvalue weighted by atomic mass is 16.5. The number of anilines is 1. The molecule has 2 heterocycles.